The highest BCUT2D eigenvalue weighted by molar-refractivity contribution is 7.75. The van der Waals surface area contributed by atoms with Gasteiger partial charge in [0.2, 0.25) is 0 Å². The zero-order chi connectivity index (χ0) is 19.6. The van der Waals surface area contributed by atoms with E-state index >= 15 is 0 Å². The summed E-state index contributed by atoms with van der Waals surface area (Å²) in [6.45, 7) is 1.53. The zero-order valence-electron chi connectivity index (χ0n) is 12.0. The third kappa shape index (κ3) is 5.18. The predicted octanol–water partition coefficient (Wildman–Crippen LogP) is 4.55. The molecule has 0 radical (unpaired) electrons. The molecule has 0 aliphatic carbocycles. The second-order valence-corrected chi connectivity index (χ2v) is 5.22. The predicted molar refractivity (Wildman–Crippen MR) is 60.5 cm³/mol. The Kier molecular flexibility index (Phi) is 7.52. The number of alkyl halides is 10. The number of hydrogen-bond acceptors (Lipinski definition) is 3. The van der Waals surface area contributed by atoms with Crippen molar-refractivity contribution in [2.24, 2.45) is 0 Å². The summed E-state index contributed by atoms with van der Waals surface area (Å²) in [6.07, 6.45) is -20.6. The molecule has 24 heavy (non-hydrogen) atoms. The van der Waals surface area contributed by atoms with E-state index in [0.29, 0.717) is 0 Å². The van der Waals surface area contributed by atoms with Crippen LogP contribution in [0.2, 0.25) is 0 Å². The molecule has 0 aromatic carbocycles. The number of hydrogen-bond donors (Lipinski definition) is 0. The van der Waals surface area contributed by atoms with Crippen molar-refractivity contribution >= 4 is 11.4 Å². The molecule has 2 unspecified atom stereocenters. The molecule has 0 aliphatic heterocycles. The molecule has 0 rings (SSSR count). The van der Waals surface area contributed by atoms with Crippen LogP contribution in [0.5, 0.6) is 0 Å². The quantitative estimate of drug-likeness (QED) is 0.559. The molecule has 0 bridgehead atoms. The Morgan fingerprint density at radius 1 is 0.708 bits per heavy atom. The van der Waals surface area contributed by atoms with E-state index in [1.165, 1.54) is 0 Å². The Bertz CT molecular complexity index is 396. The van der Waals surface area contributed by atoms with E-state index < -0.39 is 60.6 Å². The largest absolute Gasteiger partial charge is 0.456 e. The topological polar surface area (TPSA) is 35.5 Å². The summed E-state index contributed by atoms with van der Waals surface area (Å²) in [5.74, 6) is -11.0. The summed E-state index contributed by atoms with van der Waals surface area (Å²) in [6, 6.07) is 0. The van der Waals surface area contributed by atoms with Gasteiger partial charge in [0.05, 0.1) is 0 Å². The summed E-state index contributed by atoms with van der Waals surface area (Å²) in [5.41, 5.74) is 0. The molecule has 0 aromatic rings. The second-order valence-electron chi connectivity index (χ2n) is 4.43. The third-order valence-corrected chi connectivity index (χ3v) is 3.47. The summed E-state index contributed by atoms with van der Waals surface area (Å²) < 4.78 is 144. The summed E-state index contributed by atoms with van der Waals surface area (Å²) in [5, 5.41) is 0. The van der Waals surface area contributed by atoms with E-state index in [-0.39, 0.29) is 0 Å². The Hall–Kier alpha value is -0.630. The lowest BCUT2D eigenvalue weighted by atomic mass is 10.1. The summed E-state index contributed by atoms with van der Waals surface area (Å²) >= 11 is -3.70. The first-order valence-corrected chi connectivity index (χ1v) is 7.17. The minimum atomic E-state index is -6.11. The van der Waals surface area contributed by atoms with Crippen LogP contribution in [0.3, 0.4) is 0 Å². The molecule has 0 heterocycles. The van der Waals surface area contributed by atoms with Gasteiger partial charge in [0.1, 0.15) is 12.2 Å². The van der Waals surface area contributed by atoms with Gasteiger partial charge in [-0.3, -0.25) is 8.37 Å². The van der Waals surface area contributed by atoms with Gasteiger partial charge in [-0.25, -0.2) is 0 Å². The van der Waals surface area contributed by atoms with Gasteiger partial charge in [-0.2, -0.15) is 48.1 Å². The summed E-state index contributed by atoms with van der Waals surface area (Å²) in [7, 11) is 0. The molecule has 0 saturated heterocycles. The van der Waals surface area contributed by atoms with Crippen molar-refractivity contribution in [2.45, 2.75) is 63.1 Å². The van der Waals surface area contributed by atoms with Gasteiger partial charge in [0.15, 0.2) is 0 Å². The molecule has 3 nitrogen and oxygen atoms in total. The van der Waals surface area contributed by atoms with Gasteiger partial charge in [-0.15, -0.1) is 0 Å². The standard InChI is InChI=1S/C10H12F10O3S/c1-3-5(7(11,12)9(15,16)17)22-24(21)23-6(4-2)8(13,14)10(18,19)20/h5-6H,3-4H2,1-2H3. The van der Waals surface area contributed by atoms with Gasteiger partial charge in [0, 0.05) is 0 Å². The van der Waals surface area contributed by atoms with E-state index in [0.717, 1.165) is 13.8 Å². The Balaban J connectivity index is 5.18. The molecule has 2 atom stereocenters. The first-order chi connectivity index (χ1) is 10.5. The van der Waals surface area contributed by atoms with Crippen LogP contribution in [0.4, 0.5) is 43.9 Å². The van der Waals surface area contributed by atoms with Crippen LogP contribution in [-0.4, -0.2) is 40.6 Å². The van der Waals surface area contributed by atoms with Crippen molar-refractivity contribution in [3.05, 3.63) is 0 Å². The van der Waals surface area contributed by atoms with Crippen molar-refractivity contribution in [3.8, 4) is 0 Å². The SMILES string of the molecule is CCC(OS(=O)OC(CC)C(F)(F)C(F)(F)F)C(F)(F)C(F)(F)F. The van der Waals surface area contributed by atoms with Crippen molar-refractivity contribution in [2.75, 3.05) is 0 Å². The first-order valence-electron chi connectivity index (χ1n) is 6.17. The van der Waals surface area contributed by atoms with Gasteiger partial charge >= 0.3 is 35.6 Å². The Labute approximate surface area is 132 Å². The number of halogens is 10. The Morgan fingerprint density at radius 3 is 1.12 bits per heavy atom. The first kappa shape index (κ1) is 23.4. The average Bonchev–Trinajstić information content (AvgIpc) is 2.38. The lowest BCUT2D eigenvalue weighted by Crippen LogP contribution is -2.50. The van der Waals surface area contributed by atoms with E-state index in [4.69, 9.17) is 0 Å². The zero-order valence-corrected chi connectivity index (χ0v) is 12.8. The minimum absolute atomic E-state index is 0.767. The van der Waals surface area contributed by atoms with Gasteiger partial charge in [-0.05, 0) is 12.8 Å². The maximum atomic E-state index is 13.0. The van der Waals surface area contributed by atoms with E-state index in [9.17, 15) is 48.1 Å². The van der Waals surface area contributed by atoms with Crippen LogP contribution >= 0.6 is 0 Å². The molecular formula is C10H12F10O3S. The van der Waals surface area contributed by atoms with Crippen LogP contribution < -0.4 is 0 Å². The fourth-order valence-corrected chi connectivity index (χ4v) is 2.29. The smallest absolute Gasteiger partial charge is 0.258 e. The van der Waals surface area contributed by atoms with Crippen LogP contribution in [0.25, 0.3) is 0 Å². The highest BCUT2D eigenvalue weighted by Gasteiger charge is 2.65. The van der Waals surface area contributed by atoms with Crippen LogP contribution in [0, 0.1) is 0 Å². The molecule has 146 valence electrons. The van der Waals surface area contributed by atoms with Crippen molar-refractivity contribution in [3.63, 3.8) is 0 Å². The normalized spacial score (nSPS) is 18.3. The highest BCUT2D eigenvalue weighted by atomic mass is 32.2. The van der Waals surface area contributed by atoms with Crippen LogP contribution in [0.15, 0.2) is 0 Å². The van der Waals surface area contributed by atoms with E-state index in [2.05, 4.69) is 8.37 Å². The van der Waals surface area contributed by atoms with Crippen molar-refractivity contribution in [1.82, 2.24) is 0 Å². The Morgan fingerprint density at radius 2 is 0.958 bits per heavy atom. The molecule has 0 aromatic heterocycles. The maximum Gasteiger partial charge on any atom is 0.456 e. The molecule has 0 spiro atoms. The van der Waals surface area contributed by atoms with Gasteiger partial charge < -0.3 is 0 Å². The maximum absolute atomic E-state index is 13.0. The number of rotatable bonds is 8. The lowest BCUT2D eigenvalue weighted by Gasteiger charge is -2.29. The monoisotopic (exact) mass is 402 g/mol. The lowest BCUT2D eigenvalue weighted by molar-refractivity contribution is -0.313. The second kappa shape index (κ2) is 7.72. The molecule has 0 fully saturated rings. The molecule has 0 amide bonds. The van der Waals surface area contributed by atoms with Crippen LogP contribution in [0.1, 0.15) is 26.7 Å². The highest BCUT2D eigenvalue weighted by Crippen LogP contribution is 2.42. The molecule has 0 aliphatic rings. The fraction of sp³-hybridized carbons (Fsp3) is 1.00. The van der Waals surface area contributed by atoms with Crippen LogP contribution in [-0.2, 0) is 19.7 Å². The molecule has 0 N–H and O–H groups in total. The van der Waals surface area contributed by atoms with E-state index in [1.807, 2.05) is 0 Å². The van der Waals surface area contributed by atoms with Crippen molar-refractivity contribution in [1.29, 1.82) is 0 Å². The fourth-order valence-electron chi connectivity index (χ4n) is 1.35. The van der Waals surface area contributed by atoms with Gasteiger partial charge in [-0.1, -0.05) is 13.8 Å². The minimum Gasteiger partial charge on any atom is -0.258 e. The average molecular weight is 402 g/mol. The molecule has 14 heteroatoms. The van der Waals surface area contributed by atoms with E-state index in [1.54, 1.807) is 0 Å². The van der Waals surface area contributed by atoms with Crippen molar-refractivity contribution < 1.29 is 56.5 Å². The van der Waals surface area contributed by atoms with Gasteiger partial charge in [0.25, 0.3) is 0 Å². The molecule has 0 saturated carbocycles. The third-order valence-electron chi connectivity index (χ3n) is 2.70. The summed E-state index contributed by atoms with van der Waals surface area (Å²) in [4.78, 5) is 0. The molecular weight excluding hydrogens is 390 g/mol.